The van der Waals surface area contributed by atoms with Gasteiger partial charge in [-0.25, -0.2) is 9.78 Å². The molecule has 64 valence electrons. The molecule has 5 heteroatoms. The highest BCUT2D eigenvalue weighted by Crippen LogP contribution is 2.43. The third kappa shape index (κ3) is 1.16. The molecule has 0 unspecified atom stereocenters. The van der Waals surface area contributed by atoms with Crippen LogP contribution in [-0.4, -0.2) is 21.2 Å². The van der Waals surface area contributed by atoms with E-state index < -0.39 is 5.97 Å². The quantitative estimate of drug-likeness (QED) is 0.731. The van der Waals surface area contributed by atoms with Gasteiger partial charge in [0.25, 0.3) is 0 Å². The van der Waals surface area contributed by atoms with E-state index >= 15 is 0 Å². The predicted molar refractivity (Wildman–Crippen MR) is 42.7 cm³/mol. The number of aromatic carboxylic acids is 1. The third-order valence-corrected chi connectivity index (χ3v) is 2.94. The summed E-state index contributed by atoms with van der Waals surface area (Å²) in [6, 6.07) is 0. The molecule has 1 aliphatic carbocycles. The van der Waals surface area contributed by atoms with E-state index in [-0.39, 0.29) is 10.8 Å². The van der Waals surface area contributed by atoms with Crippen molar-refractivity contribution in [3.05, 3.63) is 9.88 Å². The summed E-state index contributed by atoms with van der Waals surface area (Å²) in [7, 11) is 0. The number of nitrogens with zero attached hydrogens (tertiary/aromatic N) is 1. The van der Waals surface area contributed by atoms with E-state index in [2.05, 4.69) is 4.98 Å². The fraction of sp³-hybridized carbons (Fsp3) is 0.429. The number of carboxylic acid groups (broad SMARTS) is 1. The lowest BCUT2D eigenvalue weighted by molar-refractivity contribution is 0.0699. The van der Waals surface area contributed by atoms with Gasteiger partial charge >= 0.3 is 5.97 Å². The molecule has 0 radical (unpaired) electrons. The molecule has 1 fully saturated rings. The molecule has 2 N–H and O–H groups in total. The van der Waals surface area contributed by atoms with Crippen molar-refractivity contribution in [1.82, 2.24) is 4.98 Å². The van der Waals surface area contributed by atoms with E-state index in [1.54, 1.807) is 0 Å². The number of carboxylic acids is 1. The van der Waals surface area contributed by atoms with Gasteiger partial charge in [0.05, 0.1) is 0 Å². The SMILES string of the molecule is O=C(O)c1sc(C2CC2)nc1O. The van der Waals surface area contributed by atoms with E-state index in [1.807, 2.05) is 0 Å². The van der Waals surface area contributed by atoms with Crippen molar-refractivity contribution in [2.45, 2.75) is 18.8 Å². The van der Waals surface area contributed by atoms with E-state index in [9.17, 15) is 4.79 Å². The number of rotatable bonds is 2. The summed E-state index contributed by atoms with van der Waals surface area (Å²) in [6.45, 7) is 0. The Balaban J connectivity index is 2.36. The second-order valence-corrected chi connectivity index (χ2v) is 3.81. The van der Waals surface area contributed by atoms with Crippen molar-refractivity contribution in [3.63, 3.8) is 0 Å². The van der Waals surface area contributed by atoms with Gasteiger partial charge < -0.3 is 10.2 Å². The molecule has 0 spiro atoms. The molecule has 1 aromatic heterocycles. The Labute approximate surface area is 72.5 Å². The Kier molecular flexibility index (Phi) is 1.54. The van der Waals surface area contributed by atoms with E-state index in [0.29, 0.717) is 5.92 Å². The van der Waals surface area contributed by atoms with Gasteiger partial charge in [0, 0.05) is 5.92 Å². The van der Waals surface area contributed by atoms with Gasteiger partial charge in [0.1, 0.15) is 5.01 Å². The lowest BCUT2D eigenvalue weighted by Crippen LogP contribution is -1.91. The van der Waals surface area contributed by atoms with Crippen molar-refractivity contribution in [2.75, 3.05) is 0 Å². The average molecular weight is 185 g/mol. The molecular formula is C7H7NO3S. The van der Waals surface area contributed by atoms with E-state index in [1.165, 1.54) is 0 Å². The topological polar surface area (TPSA) is 70.4 Å². The number of carbonyl (C=O) groups is 1. The van der Waals surface area contributed by atoms with Crippen LogP contribution in [0, 0.1) is 0 Å². The first-order valence-electron chi connectivity index (χ1n) is 3.61. The Hall–Kier alpha value is -1.10. The lowest BCUT2D eigenvalue weighted by atomic mass is 10.4. The number of thiazole rings is 1. The molecule has 0 aliphatic heterocycles. The second-order valence-electron chi connectivity index (χ2n) is 2.78. The Morgan fingerprint density at radius 2 is 2.25 bits per heavy atom. The lowest BCUT2D eigenvalue weighted by Gasteiger charge is -1.83. The average Bonchev–Trinajstić information content (AvgIpc) is 2.75. The van der Waals surface area contributed by atoms with Crippen molar-refractivity contribution in [1.29, 1.82) is 0 Å². The maximum absolute atomic E-state index is 10.5. The van der Waals surface area contributed by atoms with Crippen molar-refractivity contribution in [3.8, 4) is 5.88 Å². The summed E-state index contributed by atoms with van der Waals surface area (Å²) in [5.41, 5.74) is 0. The molecule has 0 amide bonds. The summed E-state index contributed by atoms with van der Waals surface area (Å²) in [5, 5.41) is 18.4. The van der Waals surface area contributed by atoms with Crippen LogP contribution < -0.4 is 0 Å². The largest absolute Gasteiger partial charge is 0.492 e. The fourth-order valence-corrected chi connectivity index (χ4v) is 1.94. The van der Waals surface area contributed by atoms with Crippen LogP contribution in [-0.2, 0) is 0 Å². The standard InChI is InChI=1S/C7H7NO3S/c9-5-4(7(10)11)12-6(8-5)3-1-2-3/h3,9H,1-2H2,(H,10,11). The summed E-state index contributed by atoms with van der Waals surface area (Å²) in [6.07, 6.45) is 2.12. The summed E-state index contributed by atoms with van der Waals surface area (Å²) in [4.78, 5) is 14.2. The van der Waals surface area contributed by atoms with Gasteiger partial charge in [-0.05, 0) is 12.8 Å². The molecule has 1 heterocycles. The van der Waals surface area contributed by atoms with Gasteiger partial charge in [-0.1, -0.05) is 0 Å². The first kappa shape index (κ1) is 7.54. The maximum atomic E-state index is 10.5. The minimum Gasteiger partial charge on any atom is -0.492 e. The minimum atomic E-state index is -1.10. The Morgan fingerprint density at radius 3 is 2.67 bits per heavy atom. The maximum Gasteiger partial charge on any atom is 0.351 e. The molecule has 1 aromatic rings. The summed E-state index contributed by atoms with van der Waals surface area (Å²) < 4.78 is 0. The van der Waals surface area contributed by atoms with Crippen molar-refractivity contribution < 1.29 is 15.0 Å². The molecule has 0 saturated heterocycles. The van der Waals surface area contributed by atoms with Crippen LogP contribution in [0.2, 0.25) is 0 Å². The van der Waals surface area contributed by atoms with Gasteiger partial charge in [-0.2, -0.15) is 0 Å². The highest BCUT2D eigenvalue weighted by Gasteiger charge is 2.29. The fourth-order valence-electron chi connectivity index (χ4n) is 0.972. The van der Waals surface area contributed by atoms with Crippen LogP contribution >= 0.6 is 11.3 Å². The number of aromatic nitrogens is 1. The minimum absolute atomic E-state index is 0.0445. The van der Waals surface area contributed by atoms with Crippen molar-refractivity contribution in [2.24, 2.45) is 0 Å². The summed E-state index contributed by atoms with van der Waals surface area (Å²) >= 11 is 1.08. The molecule has 0 atom stereocenters. The zero-order valence-electron chi connectivity index (χ0n) is 6.15. The molecule has 0 aromatic carbocycles. The van der Waals surface area contributed by atoms with Gasteiger partial charge in [0.2, 0.25) is 5.88 Å². The smallest absolute Gasteiger partial charge is 0.351 e. The van der Waals surface area contributed by atoms with Crippen LogP contribution in [0.3, 0.4) is 0 Å². The molecule has 1 saturated carbocycles. The zero-order valence-corrected chi connectivity index (χ0v) is 6.97. The van der Waals surface area contributed by atoms with Crippen LogP contribution in [0.1, 0.15) is 33.4 Å². The highest BCUT2D eigenvalue weighted by atomic mass is 32.1. The second kappa shape index (κ2) is 2.45. The Bertz CT molecular complexity index is 329. The first-order chi connectivity index (χ1) is 5.68. The highest BCUT2D eigenvalue weighted by molar-refractivity contribution is 7.14. The summed E-state index contributed by atoms with van der Waals surface area (Å²) in [5.74, 6) is -1.04. The van der Waals surface area contributed by atoms with Gasteiger partial charge in [-0.15, -0.1) is 11.3 Å². The number of hydrogen-bond donors (Lipinski definition) is 2. The van der Waals surface area contributed by atoms with E-state index in [4.69, 9.17) is 10.2 Å². The molecule has 4 nitrogen and oxygen atoms in total. The van der Waals surface area contributed by atoms with Crippen LogP contribution in [0.15, 0.2) is 0 Å². The van der Waals surface area contributed by atoms with E-state index in [0.717, 1.165) is 29.2 Å². The third-order valence-electron chi connectivity index (χ3n) is 1.75. The van der Waals surface area contributed by atoms with Crippen LogP contribution in [0.5, 0.6) is 5.88 Å². The van der Waals surface area contributed by atoms with Crippen LogP contribution in [0.4, 0.5) is 0 Å². The number of hydrogen-bond acceptors (Lipinski definition) is 4. The Morgan fingerprint density at radius 1 is 1.58 bits per heavy atom. The van der Waals surface area contributed by atoms with Crippen molar-refractivity contribution >= 4 is 17.3 Å². The normalized spacial score (nSPS) is 16.3. The van der Waals surface area contributed by atoms with Gasteiger partial charge in [-0.3, -0.25) is 0 Å². The molecule has 0 bridgehead atoms. The van der Waals surface area contributed by atoms with Gasteiger partial charge in [0.15, 0.2) is 4.88 Å². The molecule has 1 aliphatic rings. The molecule has 12 heavy (non-hydrogen) atoms. The zero-order chi connectivity index (χ0) is 8.72. The number of aromatic hydroxyl groups is 1. The van der Waals surface area contributed by atoms with Crippen LogP contribution in [0.25, 0.3) is 0 Å². The molecular weight excluding hydrogens is 178 g/mol. The predicted octanol–water partition coefficient (Wildman–Crippen LogP) is 1.42. The molecule has 2 rings (SSSR count). The monoisotopic (exact) mass is 185 g/mol. The first-order valence-corrected chi connectivity index (χ1v) is 4.43.